The molecule has 2 nitrogen and oxygen atoms in total. The van der Waals surface area contributed by atoms with Gasteiger partial charge in [0, 0.05) is 47.3 Å². The van der Waals surface area contributed by atoms with Gasteiger partial charge in [-0.15, -0.1) is 0 Å². The lowest BCUT2D eigenvalue weighted by Crippen LogP contribution is -1.92. The Labute approximate surface area is 233 Å². The van der Waals surface area contributed by atoms with E-state index in [1.807, 2.05) is 0 Å². The number of rotatable bonds is 2. The van der Waals surface area contributed by atoms with Crippen molar-refractivity contribution in [2.75, 3.05) is 0 Å². The van der Waals surface area contributed by atoms with Gasteiger partial charge in [0.05, 0.1) is 0 Å². The zero-order valence-electron chi connectivity index (χ0n) is 23.3. The Hall–Kier alpha value is -4.82. The van der Waals surface area contributed by atoms with E-state index in [4.69, 9.17) is 0 Å². The van der Waals surface area contributed by atoms with Crippen LogP contribution < -0.4 is 0 Å². The molecule has 0 aliphatic rings. The van der Waals surface area contributed by atoms with Crippen molar-refractivity contribution in [3.05, 3.63) is 120 Å². The summed E-state index contributed by atoms with van der Waals surface area (Å²) < 4.78 is 4.67. The summed E-state index contributed by atoms with van der Waals surface area (Å²) in [6.07, 6.45) is 0. The molecule has 0 spiro atoms. The van der Waals surface area contributed by atoms with Crippen LogP contribution in [-0.2, 0) is 14.1 Å². The minimum absolute atomic E-state index is 1.25. The van der Waals surface area contributed by atoms with Crippen molar-refractivity contribution in [1.29, 1.82) is 0 Å². The fourth-order valence-corrected chi connectivity index (χ4v) is 6.55. The molecule has 0 saturated carbocycles. The largest absolute Gasteiger partial charge is 0.344 e. The maximum atomic E-state index is 2.38. The second kappa shape index (κ2) is 8.34. The first-order chi connectivity index (χ1) is 19.4. The molecule has 192 valence electrons. The molecule has 8 rings (SSSR count). The van der Waals surface area contributed by atoms with E-state index in [0.29, 0.717) is 0 Å². The van der Waals surface area contributed by atoms with Crippen molar-refractivity contribution < 1.29 is 0 Å². The van der Waals surface area contributed by atoms with Crippen LogP contribution in [0.25, 0.3) is 76.6 Å². The molecule has 0 unspecified atom stereocenters. The molecule has 0 fully saturated rings. The topological polar surface area (TPSA) is 9.86 Å². The molecule has 40 heavy (non-hydrogen) atoms. The second-order valence-electron chi connectivity index (χ2n) is 11.4. The standard InChI is InChI=1S/C38H30N2/c1-23-5-9-25(10-6-23)35-19-29-17-27-13-15-32-31(33(27)21-37(29)39(35)3)16-14-28-18-30-20-36(26-11-7-24(2)8-12-26)40(4)38(30)22-34(28)32/h5-22H,1-4H3. The van der Waals surface area contributed by atoms with Crippen LogP contribution in [0.1, 0.15) is 11.1 Å². The third kappa shape index (κ3) is 3.36. The molecule has 0 aliphatic carbocycles. The normalized spacial score (nSPS) is 12.0. The summed E-state index contributed by atoms with van der Waals surface area (Å²) in [5.41, 5.74) is 10.1. The molecule has 2 aromatic heterocycles. The first-order valence-corrected chi connectivity index (χ1v) is 14.0. The van der Waals surface area contributed by atoms with Gasteiger partial charge in [0.1, 0.15) is 0 Å². The van der Waals surface area contributed by atoms with Crippen molar-refractivity contribution >= 4 is 54.1 Å². The van der Waals surface area contributed by atoms with E-state index in [1.54, 1.807) is 0 Å². The lowest BCUT2D eigenvalue weighted by atomic mass is 9.95. The molecule has 2 heteroatoms. The Morgan fingerprint density at radius 3 is 1.18 bits per heavy atom. The number of fused-ring (bicyclic) bond motifs is 7. The van der Waals surface area contributed by atoms with Crippen LogP contribution in [0.5, 0.6) is 0 Å². The number of hydrogen-bond acceptors (Lipinski definition) is 0. The van der Waals surface area contributed by atoms with Gasteiger partial charge in [-0.05, 0) is 93.7 Å². The summed E-state index contributed by atoms with van der Waals surface area (Å²) in [4.78, 5) is 0. The van der Waals surface area contributed by atoms with Gasteiger partial charge in [0.2, 0.25) is 0 Å². The van der Waals surface area contributed by atoms with E-state index < -0.39 is 0 Å². The van der Waals surface area contributed by atoms with Crippen molar-refractivity contribution in [3.63, 3.8) is 0 Å². The van der Waals surface area contributed by atoms with Gasteiger partial charge in [-0.25, -0.2) is 0 Å². The number of nitrogens with zero attached hydrogens (tertiary/aromatic N) is 2. The number of aryl methyl sites for hydroxylation is 4. The molecule has 0 aliphatic heterocycles. The summed E-state index contributed by atoms with van der Waals surface area (Å²) in [6.45, 7) is 4.27. The van der Waals surface area contributed by atoms with Gasteiger partial charge in [0.15, 0.2) is 0 Å². The third-order valence-corrected chi connectivity index (χ3v) is 8.85. The first kappa shape index (κ1) is 23.1. The van der Waals surface area contributed by atoms with Gasteiger partial charge in [-0.3, -0.25) is 0 Å². The molecule has 0 bridgehead atoms. The number of benzene rings is 6. The maximum Gasteiger partial charge on any atom is 0.0489 e. The average Bonchev–Trinajstić information content (AvgIpc) is 3.47. The smallest absolute Gasteiger partial charge is 0.0489 e. The highest BCUT2D eigenvalue weighted by molar-refractivity contribution is 6.20. The predicted molar refractivity (Wildman–Crippen MR) is 172 cm³/mol. The van der Waals surface area contributed by atoms with Crippen LogP contribution in [0.2, 0.25) is 0 Å². The molecule has 0 saturated heterocycles. The van der Waals surface area contributed by atoms with E-state index in [2.05, 4.69) is 146 Å². The Morgan fingerprint density at radius 1 is 0.375 bits per heavy atom. The van der Waals surface area contributed by atoms with E-state index in [0.717, 1.165) is 0 Å². The van der Waals surface area contributed by atoms with Gasteiger partial charge < -0.3 is 9.13 Å². The van der Waals surface area contributed by atoms with E-state index in [9.17, 15) is 0 Å². The number of aromatic nitrogens is 2. The van der Waals surface area contributed by atoms with Crippen molar-refractivity contribution in [2.24, 2.45) is 14.1 Å². The minimum Gasteiger partial charge on any atom is -0.344 e. The fraction of sp³-hybridized carbons (Fsp3) is 0.105. The van der Waals surface area contributed by atoms with Gasteiger partial charge in [-0.1, -0.05) is 83.9 Å². The highest BCUT2D eigenvalue weighted by atomic mass is 14.9. The molecule has 2 heterocycles. The second-order valence-corrected chi connectivity index (χ2v) is 11.4. The Morgan fingerprint density at radius 2 is 0.775 bits per heavy atom. The Balaban J connectivity index is 1.35. The van der Waals surface area contributed by atoms with E-state index in [1.165, 1.54) is 87.8 Å². The van der Waals surface area contributed by atoms with Crippen molar-refractivity contribution in [1.82, 2.24) is 9.13 Å². The first-order valence-electron chi connectivity index (χ1n) is 14.0. The summed E-state index contributed by atoms with van der Waals surface area (Å²) in [5.74, 6) is 0. The van der Waals surface area contributed by atoms with Gasteiger partial charge >= 0.3 is 0 Å². The summed E-state index contributed by atoms with van der Waals surface area (Å²) in [6, 6.07) is 41.0. The monoisotopic (exact) mass is 514 g/mol. The van der Waals surface area contributed by atoms with E-state index in [-0.39, 0.29) is 0 Å². The van der Waals surface area contributed by atoms with Crippen LogP contribution >= 0.6 is 0 Å². The summed E-state index contributed by atoms with van der Waals surface area (Å²) in [5, 5.41) is 10.3. The highest BCUT2D eigenvalue weighted by Gasteiger charge is 2.14. The molecule has 0 N–H and O–H groups in total. The molecule has 0 amide bonds. The van der Waals surface area contributed by atoms with Gasteiger partial charge in [0.25, 0.3) is 0 Å². The average molecular weight is 515 g/mol. The third-order valence-electron chi connectivity index (χ3n) is 8.85. The minimum atomic E-state index is 1.25. The highest BCUT2D eigenvalue weighted by Crippen LogP contribution is 2.38. The molecule has 0 atom stereocenters. The van der Waals surface area contributed by atoms with Crippen LogP contribution in [0, 0.1) is 13.8 Å². The molecule has 6 aromatic carbocycles. The van der Waals surface area contributed by atoms with Crippen LogP contribution in [0.4, 0.5) is 0 Å². The zero-order chi connectivity index (χ0) is 27.1. The maximum absolute atomic E-state index is 2.38. The Kier molecular flexibility index (Phi) is 4.82. The van der Waals surface area contributed by atoms with Crippen LogP contribution in [0.15, 0.2) is 109 Å². The van der Waals surface area contributed by atoms with Crippen molar-refractivity contribution in [3.8, 4) is 22.5 Å². The fourth-order valence-electron chi connectivity index (χ4n) is 6.55. The van der Waals surface area contributed by atoms with Crippen LogP contribution in [-0.4, -0.2) is 9.13 Å². The summed E-state index contributed by atoms with van der Waals surface area (Å²) >= 11 is 0. The molecular formula is C38H30N2. The van der Waals surface area contributed by atoms with E-state index >= 15 is 0 Å². The molecular weight excluding hydrogens is 484 g/mol. The van der Waals surface area contributed by atoms with Crippen molar-refractivity contribution in [2.45, 2.75) is 13.8 Å². The lowest BCUT2D eigenvalue weighted by Gasteiger charge is -2.10. The Bertz CT molecular complexity index is 2110. The summed E-state index contributed by atoms with van der Waals surface area (Å²) in [7, 11) is 4.36. The quantitative estimate of drug-likeness (QED) is 0.203. The zero-order valence-corrected chi connectivity index (χ0v) is 23.3. The predicted octanol–water partition coefficient (Wildman–Crippen LogP) is 10.1. The molecule has 0 radical (unpaired) electrons. The van der Waals surface area contributed by atoms with Crippen LogP contribution in [0.3, 0.4) is 0 Å². The SMILES string of the molecule is Cc1ccc(-c2cc3cc4ccc5c6cc7c(cc(-c8ccc(C)cc8)n7C)cc6ccc5c4cc3n2C)cc1. The number of hydrogen-bond donors (Lipinski definition) is 0. The molecule has 8 aromatic rings. The lowest BCUT2D eigenvalue weighted by molar-refractivity contribution is 0.979. The van der Waals surface area contributed by atoms with Gasteiger partial charge in [-0.2, -0.15) is 0 Å².